The molecule has 0 N–H and O–H groups in total. The summed E-state index contributed by atoms with van der Waals surface area (Å²) in [5.41, 5.74) is 9.14. The van der Waals surface area contributed by atoms with Gasteiger partial charge in [0.25, 0.3) is 0 Å². The third kappa shape index (κ3) is 5.78. The molecule has 270 valence electrons. The van der Waals surface area contributed by atoms with Gasteiger partial charge in [-0.15, -0.1) is 0 Å². The summed E-state index contributed by atoms with van der Waals surface area (Å²) in [7, 11) is 0. The summed E-state index contributed by atoms with van der Waals surface area (Å²) < 4.78 is 21.6. The number of aryl methyl sites for hydroxylation is 2. The average molecular weight is 723 g/mol. The molecule has 3 heterocycles. The molecule has 4 atom stereocenters. The van der Waals surface area contributed by atoms with Crippen LogP contribution < -0.4 is 9.47 Å². The Hall–Kier alpha value is -4.16. The van der Waals surface area contributed by atoms with Crippen LogP contribution >= 0.6 is 11.6 Å². The SMILES string of the molecule is Clc1ccc(-c2cnc3c(c2)C[C@@]2(OCCCc4ccccc4)[C@H]4Cc5ccc(OCCCc6ccccc6)c6c5[C@@]2(CCN4CC2CC2)[C@H]3O6)cc1. The molecule has 4 aromatic carbocycles. The smallest absolute Gasteiger partial charge is 0.166 e. The lowest BCUT2D eigenvalue weighted by molar-refractivity contribution is -0.205. The first kappa shape index (κ1) is 33.4. The van der Waals surface area contributed by atoms with E-state index in [2.05, 4.69) is 95.9 Å². The van der Waals surface area contributed by atoms with Gasteiger partial charge in [-0.25, -0.2) is 0 Å². The molecule has 0 radical (unpaired) electrons. The fourth-order valence-corrected chi connectivity index (χ4v) is 10.4. The molecule has 5 aliphatic rings. The van der Waals surface area contributed by atoms with Gasteiger partial charge in [-0.2, -0.15) is 0 Å². The Labute approximate surface area is 318 Å². The number of rotatable bonds is 13. The van der Waals surface area contributed by atoms with Crippen LogP contribution in [0.15, 0.2) is 109 Å². The molecule has 10 rings (SSSR count). The number of aromatic nitrogens is 1. The van der Waals surface area contributed by atoms with E-state index in [1.807, 2.05) is 18.3 Å². The third-order valence-corrected chi connectivity index (χ3v) is 13.1. The number of halogens is 1. The molecule has 3 aliphatic carbocycles. The van der Waals surface area contributed by atoms with Crippen LogP contribution in [0.2, 0.25) is 5.02 Å². The molecular weight excluding hydrogens is 676 g/mol. The second kappa shape index (κ2) is 13.6. The lowest BCUT2D eigenvalue weighted by Gasteiger charge is -2.64. The van der Waals surface area contributed by atoms with Gasteiger partial charge in [0.05, 0.1) is 17.7 Å². The summed E-state index contributed by atoms with van der Waals surface area (Å²) in [4.78, 5) is 8.10. The van der Waals surface area contributed by atoms with Gasteiger partial charge in [0.2, 0.25) is 0 Å². The monoisotopic (exact) mass is 722 g/mol. The van der Waals surface area contributed by atoms with Gasteiger partial charge < -0.3 is 14.2 Å². The Morgan fingerprint density at radius 1 is 0.811 bits per heavy atom. The second-order valence-electron chi connectivity index (χ2n) is 16.0. The van der Waals surface area contributed by atoms with E-state index in [0.717, 1.165) is 97.3 Å². The number of benzene rings is 4. The highest BCUT2D eigenvalue weighted by molar-refractivity contribution is 6.30. The number of ether oxygens (including phenoxy) is 3. The predicted octanol–water partition coefficient (Wildman–Crippen LogP) is 9.77. The highest BCUT2D eigenvalue weighted by Gasteiger charge is 2.74. The lowest BCUT2D eigenvalue weighted by atomic mass is 9.48. The number of likely N-dealkylation sites (tertiary alicyclic amines) is 1. The summed E-state index contributed by atoms with van der Waals surface area (Å²) in [6, 6.07) is 36.8. The van der Waals surface area contributed by atoms with E-state index in [1.54, 1.807) is 0 Å². The van der Waals surface area contributed by atoms with Crippen molar-refractivity contribution in [2.24, 2.45) is 5.92 Å². The Morgan fingerprint density at radius 3 is 2.28 bits per heavy atom. The van der Waals surface area contributed by atoms with E-state index in [0.29, 0.717) is 13.2 Å². The maximum absolute atomic E-state index is 7.64. The number of piperidine rings is 1. The first-order valence-electron chi connectivity index (χ1n) is 19.8. The van der Waals surface area contributed by atoms with Crippen LogP contribution in [0.5, 0.6) is 11.5 Å². The van der Waals surface area contributed by atoms with Crippen molar-refractivity contribution < 1.29 is 14.2 Å². The Morgan fingerprint density at radius 2 is 1.55 bits per heavy atom. The van der Waals surface area contributed by atoms with E-state index >= 15 is 0 Å². The topological polar surface area (TPSA) is 43.8 Å². The van der Waals surface area contributed by atoms with Gasteiger partial charge in [0.15, 0.2) is 17.6 Å². The van der Waals surface area contributed by atoms with E-state index in [4.69, 9.17) is 30.8 Å². The zero-order chi connectivity index (χ0) is 35.4. The third-order valence-electron chi connectivity index (χ3n) is 12.9. The first-order chi connectivity index (χ1) is 26.1. The van der Waals surface area contributed by atoms with Crippen LogP contribution in [0.1, 0.15) is 71.7 Å². The number of fused-ring (bicyclic) bond motifs is 2. The van der Waals surface area contributed by atoms with Gasteiger partial charge in [-0.3, -0.25) is 9.88 Å². The summed E-state index contributed by atoms with van der Waals surface area (Å²) in [5, 5.41) is 0.737. The molecule has 1 saturated heterocycles. The molecule has 1 spiro atoms. The first-order valence-corrected chi connectivity index (χ1v) is 20.2. The fraction of sp³-hybridized carbons (Fsp3) is 0.383. The number of nitrogens with zero attached hydrogens (tertiary/aromatic N) is 2. The van der Waals surface area contributed by atoms with Crippen LogP contribution in [0.25, 0.3) is 11.1 Å². The van der Waals surface area contributed by atoms with E-state index in [9.17, 15) is 0 Å². The minimum atomic E-state index is -0.459. The van der Waals surface area contributed by atoms with Gasteiger partial charge in [0, 0.05) is 48.0 Å². The molecule has 1 aromatic heterocycles. The lowest BCUT2D eigenvalue weighted by Crippen LogP contribution is -2.75. The Balaban J connectivity index is 1.06. The number of hydrogen-bond donors (Lipinski definition) is 0. The van der Waals surface area contributed by atoms with E-state index in [1.165, 1.54) is 40.7 Å². The van der Waals surface area contributed by atoms with E-state index in [-0.39, 0.29) is 17.6 Å². The van der Waals surface area contributed by atoms with Gasteiger partial charge >= 0.3 is 0 Å². The number of pyridine rings is 1. The highest BCUT2D eigenvalue weighted by atomic mass is 35.5. The fourth-order valence-electron chi connectivity index (χ4n) is 10.3. The Bertz CT molecular complexity index is 2100. The minimum absolute atomic E-state index is 0.242. The summed E-state index contributed by atoms with van der Waals surface area (Å²) in [5.74, 6) is 2.58. The van der Waals surface area contributed by atoms with Crippen molar-refractivity contribution in [1.82, 2.24) is 9.88 Å². The molecule has 53 heavy (non-hydrogen) atoms. The normalized spacial score (nSPS) is 25.0. The maximum atomic E-state index is 7.64. The van der Waals surface area contributed by atoms with Crippen LogP contribution in [0.4, 0.5) is 0 Å². The van der Waals surface area contributed by atoms with Crippen molar-refractivity contribution >= 4 is 11.6 Å². The zero-order valence-corrected chi connectivity index (χ0v) is 31.1. The molecule has 2 fully saturated rings. The van der Waals surface area contributed by atoms with Crippen LogP contribution in [0, 0.1) is 5.92 Å². The zero-order valence-electron chi connectivity index (χ0n) is 30.3. The highest BCUT2D eigenvalue weighted by Crippen LogP contribution is 2.69. The van der Waals surface area contributed by atoms with Gasteiger partial charge in [0.1, 0.15) is 5.60 Å². The quantitative estimate of drug-likeness (QED) is 0.113. The molecule has 1 saturated carbocycles. The maximum Gasteiger partial charge on any atom is 0.166 e. The predicted molar refractivity (Wildman–Crippen MR) is 210 cm³/mol. The van der Waals surface area contributed by atoms with Crippen molar-refractivity contribution in [1.29, 1.82) is 0 Å². The van der Waals surface area contributed by atoms with Crippen molar-refractivity contribution in [2.75, 3.05) is 26.3 Å². The minimum Gasteiger partial charge on any atom is -0.490 e. The second-order valence-corrected chi connectivity index (χ2v) is 16.5. The standard InChI is InChI=1S/C47H47ClN2O3/c48-39-20-17-35(18-21-39)38-27-37-29-47(52-26-8-14-33-11-5-2-6-12-33)41-28-36-19-22-40(51-25-7-13-32-9-3-1-4-10-32)44-42(36)46(47,45(53-44)43(37)49-30-38)23-24-50(41)31-34-15-16-34/h1-6,9-12,17-22,27,30,34,41,45H,7-8,13-16,23-26,28-29,31H2/t41-,45+,46+,47-/m1/s1. The van der Waals surface area contributed by atoms with Crippen molar-refractivity contribution in [3.63, 3.8) is 0 Å². The summed E-state index contributed by atoms with van der Waals surface area (Å²) in [6.07, 6.45) is 11.1. The van der Waals surface area contributed by atoms with Crippen molar-refractivity contribution in [3.8, 4) is 22.6 Å². The van der Waals surface area contributed by atoms with Crippen LogP contribution in [-0.4, -0.2) is 47.8 Å². The average Bonchev–Trinajstić information content (AvgIpc) is 3.94. The largest absolute Gasteiger partial charge is 0.490 e. The summed E-state index contributed by atoms with van der Waals surface area (Å²) in [6.45, 7) is 3.55. The molecule has 2 bridgehead atoms. The van der Waals surface area contributed by atoms with Crippen LogP contribution in [0.3, 0.4) is 0 Å². The molecule has 5 nitrogen and oxygen atoms in total. The number of hydrogen-bond acceptors (Lipinski definition) is 5. The van der Waals surface area contributed by atoms with Crippen LogP contribution in [-0.2, 0) is 35.8 Å². The molecular formula is C47H47ClN2O3. The summed E-state index contributed by atoms with van der Waals surface area (Å²) >= 11 is 6.31. The molecule has 0 unspecified atom stereocenters. The van der Waals surface area contributed by atoms with Gasteiger partial charge in [-0.05, 0) is 116 Å². The Kier molecular flexibility index (Phi) is 8.58. The molecule has 6 heteroatoms. The molecule has 5 aromatic rings. The van der Waals surface area contributed by atoms with Crippen molar-refractivity contribution in [3.05, 3.63) is 148 Å². The molecule has 0 amide bonds. The molecule has 2 aliphatic heterocycles. The van der Waals surface area contributed by atoms with Gasteiger partial charge in [-0.1, -0.05) is 90.5 Å². The van der Waals surface area contributed by atoms with E-state index < -0.39 is 5.60 Å². The van der Waals surface area contributed by atoms with Crippen molar-refractivity contribution in [2.45, 2.75) is 80.9 Å².